The molecule has 0 bridgehead atoms. The quantitative estimate of drug-likeness (QED) is 0.0909. The van der Waals surface area contributed by atoms with Crippen LogP contribution in [0.15, 0.2) is 15.3 Å². The van der Waals surface area contributed by atoms with Gasteiger partial charge in [-0.25, -0.2) is 0 Å². The number of nitrogens with zero attached hydrogens (tertiary/aromatic N) is 9. The number of hydrogen-bond acceptors (Lipinski definition) is 8. The van der Waals surface area contributed by atoms with Crippen molar-refractivity contribution < 1.29 is 28.8 Å². The molecule has 0 aromatic carbocycles. The summed E-state index contributed by atoms with van der Waals surface area (Å²) in [5, 5.41) is 19.2. The fourth-order valence-electron chi connectivity index (χ4n) is 2.41. The number of rotatable bonds is 23. The van der Waals surface area contributed by atoms with Gasteiger partial charge in [-0.15, -0.1) is 0 Å². The van der Waals surface area contributed by atoms with E-state index in [1.54, 1.807) is 0 Å². The Morgan fingerprint density at radius 3 is 1.29 bits per heavy atom. The van der Waals surface area contributed by atoms with Crippen LogP contribution in [-0.4, -0.2) is 83.6 Å². The maximum atomic E-state index is 10.8. The van der Waals surface area contributed by atoms with Crippen molar-refractivity contribution in [2.24, 2.45) is 20.8 Å². The van der Waals surface area contributed by atoms with Crippen molar-refractivity contribution in [3.8, 4) is 0 Å². The Morgan fingerprint density at radius 1 is 0.676 bits per heavy atom. The molecule has 34 heavy (non-hydrogen) atoms. The summed E-state index contributed by atoms with van der Waals surface area (Å²) in [7, 11) is 0. The van der Waals surface area contributed by atoms with Crippen LogP contribution in [0, 0.1) is 5.41 Å². The van der Waals surface area contributed by atoms with Gasteiger partial charge in [0.05, 0.1) is 44.9 Å². The summed E-state index contributed by atoms with van der Waals surface area (Å²) in [6.45, 7) is 2.79. The molecule has 0 aliphatic carbocycles. The fraction of sp³-hybridized carbons (Fsp3) is 0.947. The Balaban J connectivity index is -0.00000480. The summed E-state index contributed by atoms with van der Waals surface area (Å²) in [5.41, 5.74) is 24.3. The zero-order valence-corrected chi connectivity index (χ0v) is 18.1. The molecule has 1 N–H and O–H groups in total. The van der Waals surface area contributed by atoms with Gasteiger partial charge in [0.1, 0.15) is 0 Å². The van der Waals surface area contributed by atoms with Gasteiger partial charge in [0.15, 0.2) is 0 Å². The highest BCUT2D eigenvalue weighted by Gasteiger charge is 2.32. The molecule has 0 aromatic rings. The number of azide groups is 3. The number of aliphatic carboxylic acids is 1. The Kier molecular flexibility index (Phi) is 27.9. The number of carbonyl (C=O) groups is 1. The molecule has 15 nitrogen and oxygen atoms in total. The van der Waals surface area contributed by atoms with Gasteiger partial charge in [-0.05, 0) is 35.9 Å². The Hall–Kier alpha value is -2.76. The third-order valence-electron chi connectivity index (χ3n) is 3.92. The normalized spacial score (nSPS) is 11.4. The molecular weight excluding hydrogens is 450 g/mol. The summed E-state index contributed by atoms with van der Waals surface area (Å²) < 4.78 is 22.8. The second kappa shape index (κ2) is 26.5. The SMILES string of the molecule is C.C.[N-]=[N+]=NCCCOCC(COCCCN=[N+]=[N-])(COCCCN=[N+]=[N-])COCCC(=O)O. The summed E-state index contributed by atoms with van der Waals surface area (Å²) in [4.78, 5) is 18.8. The van der Waals surface area contributed by atoms with E-state index in [2.05, 4.69) is 30.1 Å². The summed E-state index contributed by atoms with van der Waals surface area (Å²) in [5.74, 6) is -0.964. The third-order valence-corrected chi connectivity index (χ3v) is 3.92. The molecule has 196 valence electrons. The standard InChI is InChI=1S/C17H31N9O6.2CH4/c18-24-21-5-1-8-29-12-17(15-32-11-4-16(27)28,13-30-9-2-6-22-25-19)14-31-10-3-7-23-26-20;;/h1-15H2,(H,27,28);2*1H4. The summed E-state index contributed by atoms with van der Waals surface area (Å²) in [6, 6.07) is 0. The molecular formula is C19H39N9O6. The van der Waals surface area contributed by atoms with Crippen LogP contribution in [0.1, 0.15) is 40.5 Å². The number of hydrogen-bond donors (Lipinski definition) is 1. The topological polar surface area (TPSA) is 220 Å². The molecule has 0 spiro atoms. The lowest BCUT2D eigenvalue weighted by molar-refractivity contribution is -0.140. The average Bonchev–Trinajstić information content (AvgIpc) is 2.78. The van der Waals surface area contributed by atoms with Gasteiger partial charge in [0.25, 0.3) is 0 Å². The molecule has 0 rings (SSSR count). The van der Waals surface area contributed by atoms with Crippen LogP contribution in [0.25, 0.3) is 31.3 Å². The first-order chi connectivity index (χ1) is 15.6. The molecule has 0 unspecified atom stereocenters. The minimum Gasteiger partial charge on any atom is -0.481 e. The monoisotopic (exact) mass is 489 g/mol. The first-order valence-electron chi connectivity index (χ1n) is 10.2. The van der Waals surface area contributed by atoms with Crippen molar-refractivity contribution in [2.75, 3.05) is 72.5 Å². The second-order valence-electron chi connectivity index (χ2n) is 6.78. The molecule has 0 saturated heterocycles. The van der Waals surface area contributed by atoms with Gasteiger partial charge < -0.3 is 24.1 Å². The Labute approximate surface area is 200 Å². The van der Waals surface area contributed by atoms with Gasteiger partial charge in [-0.3, -0.25) is 4.79 Å². The fourth-order valence-corrected chi connectivity index (χ4v) is 2.41. The second-order valence-corrected chi connectivity index (χ2v) is 6.78. The number of carboxylic acid groups (broad SMARTS) is 1. The molecule has 0 fully saturated rings. The lowest BCUT2D eigenvalue weighted by atomic mass is 9.92. The lowest BCUT2D eigenvalue weighted by Gasteiger charge is -2.33. The van der Waals surface area contributed by atoms with E-state index in [9.17, 15) is 4.79 Å². The third kappa shape index (κ3) is 22.4. The van der Waals surface area contributed by atoms with E-state index in [-0.39, 0.29) is 54.3 Å². The highest BCUT2D eigenvalue weighted by Crippen LogP contribution is 2.21. The number of ether oxygens (including phenoxy) is 4. The van der Waals surface area contributed by atoms with E-state index in [1.807, 2.05) is 0 Å². The molecule has 0 heterocycles. The maximum absolute atomic E-state index is 10.8. The maximum Gasteiger partial charge on any atom is 0.305 e. The summed E-state index contributed by atoms with van der Waals surface area (Å²) >= 11 is 0. The van der Waals surface area contributed by atoms with Crippen LogP contribution in [0.4, 0.5) is 0 Å². The predicted molar refractivity (Wildman–Crippen MR) is 127 cm³/mol. The molecule has 0 radical (unpaired) electrons. The molecule has 0 aromatic heterocycles. The first-order valence-corrected chi connectivity index (χ1v) is 10.2. The van der Waals surface area contributed by atoms with Gasteiger partial charge in [-0.2, -0.15) is 0 Å². The summed E-state index contributed by atoms with van der Waals surface area (Å²) in [6.07, 6.45) is 1.49. The molecule has 15 heteroatoms. The smallest absolute Gasteiger partial charge is 0.305 e. The van der Waals surface area contributed by atoms with Crippen LogP contribution in [0.3, 0.4) is 0 Å². The van der Waals surface area contributed by atoms with E-state index < -0.39 is 11.4 Å². The minimum absolute atomic E-state index is 0. The van der Waals surface area contributed by atoms with Gasteiger partial charge in [0.2, 0.25) is 0 Å². The molecule has 0 aliphatic heterocycles. The van der Waals surface area contributed by atoms with E-state index in [0.29, 0.717) is 58.7 Å². The molecule has 0 saturated carbocycles. The number of carboxylic acids is 1. The van der Waals surface area contributed by atoms with Crippen molar-refractivity contribution in [3.63, 3.8) is 0 Å². The van der Waals surface area contributed by atoms with Crippen molar-refractivity contribution in [3.05, 3.63) is 31.3 Å². The van der Waals surface area contributed by atoms with Gasteiger partial charge >= 0.3 is 5.97 Å². The van der Waals surface area contributed by atoms with E-state index in [0.717, 1.165) is 0 Å². The van der Waals surface area contributed by atoms with E-state index in [4.69, 9.17) is 40.6 Å². The van der Waals surface area contributed by atoms with Crippen molar-refractivity contribution in [2.45, 2.75) is 40.5 Å². The van der Waals surface area contributed by atoms with Crippen LogP contribution in [0.2, 0.25) is 0 Å². The van der Waals surface area contributed by atoms with Crippen LogP contribution in [0.5, 0.6) is 0 Å². The average molecular weight is 490 g/mol. The van der Waals surface area contributed by atoms with Gasteiger partial charge in [-0.1, -0.05) is 30.2 Å². The highest BCUT2D eigenvalue weighted by atomic mass is 16.5. The Bertz CT molecular complexity index is 579. The van der Waals surface area contributed by atoms with Crippen molar-refractivity contribution in [1.82, 2.24) is 0 Å². The Morgan fingerprint density at radius 2 is 1.00 bits per heavy atom. The first kappa shape index (κ1) is 35.8. The van der Waals surface area contributed by atoms with Crippen LogP contribution in [-0.2, 0) is 23.7 Å². The zero-order valence-electron chi connectivity index (χ0n) is 18.1. The van der Waals surface area contributed by atoms with Crippen LogP contribution >= 0.6 is 0 Å². The minimum atomic E-state index is -0.964. The lowest BCUT2D eigenvalue weighted by Crippen LogP contribution is -2.42. The molecule has 0 aliphatic rings. The van der Waals surface area contributed by atoms with Crippen molar-refractivity contribution >= 4 is 5.97 Å². The highest BCUT2D eigenvalue weighted by molar-refractivity contribution is 5.66. The van der Waals surface area contributed by atoms with E-state index in [1.165, 1.54) is 0 Å². The molecule has 0 atom stereocenters. The predicted octanol–water partition coefficient (Wildman–Crippen LogP) is 4.89. The van der Waals surface area contributed by atoms with Gasteiger partial charge in [0, 0.05) is 54.2 Å². The van der Waals surface area contributed by atoms with E-state index >= 15 is 0 Å². The van der Waals surface area contributed by atoms with Crippen molar-refractivity contribution in [1.29, 1.82) is 0 Å². The molecule has 0 amide bonds. The zero-order chi connectivity index (χ0) is 23.8. The van der Waals surface area contributed by atoms with Crippen LogP contribution < -0.4 is 0 Å². The largest absolute Gasteiger partial charge is 0.481 e.